The lowest BCUT2D eigenvalue weighted by atomic mass is 9.62. The molecule has 18 heavy (non-hydrogen) atoms. The molecule has 0 bridgehead atoms. The molecule has 96 valence electrons. The summed E-state index contributed by atoms with van der Waals surface area (Å²) >= 11 is 0. The zero-order valence-electron chi connectivity index (χ0n) is 10.6. The van der Waals surface area contributed by atoms with Crippen molar-refractivity contribution in [3.8, 4) is 0 Å². The summed E-state index contributed by atoms with van der Waals surface area (Å²) in [6, 6.07) is 0. The molecule has 2 aliphatic carbocycles. The van der Waals surface area contributed by atoms with E-state index in [1.165, 1.54) is 0 Å². The molecule has 4 aliphatic rings. The van der Waals surface area contributed by atoms with E-state index in [0.29, 0.717) is 6.42 Å². The van der Waals surface area contributed by atoms with Gasteiger partial charge in [-0.05, 0) is 18.4 Å². The van der Waals surface area contributed by atoms with Gasteiger partial charge in [0, 0.05) is 17.8 Å². The van der Waals surface area contributed by atoms with Crippen LogP contribution in [0.3, 0.4) is 0 Å². The van der Waals surface area contributed by atoms with Crippen LogP contribution in [0.1, 0.15) is 33.1 Å². The van der Waals surface area contributed by atoms with E-state index >= 15 is 0 Å². The molecule has 0 radical (unpaired) electrons. The molecule has 2 unspecified atom stereocenters. The van der Waals surface area contributed by atoms with Gasteiger partial charge in [-0.2, -0.15) is 0 Å². The van der Waals surface area contributed by atoms with Crippen LogP contribution in [0.2, 0.25) is 0 Å². The molecule has 0 amide bonds. The number of rotatable bonds is 0. The summed E-state index contributed by atoms with van der Waals surface area (Å²) in [5.41, 5.74) is 0.953. The third-order valence-electron chi connectivity index (χ3n) is 5.27. The molecule has 0 aromatic rings. The molecule has 0 N–H and O–H groups in total. The largest absolute Gasteiger partial charge is 0.431 e. The minimum absolute atomic E-state index is 0.0248. The smallest absolute Gasteiger partial charge is 0.314 e. The fourth-order valence-electron chi connectivity index (χ4n) is 3.94. The van der Waals surface area contributed by atoms with Gasteiger partial charge >= 0.3 is 5.97 Å². The average molecular weight is 248 g/mol. The van der Waals surface area contributed by atoms with E-state index in [-0.39, 0.29) is 41.2 Å². The number of carbonyl (C=O) groups excluding carboxylic acids is 2. The maximum atomic E-state index is 11.9. The standard InChI is InChI=1S/C14H16O4/c1-6-7-3-4-14(2)8(10(7)18-13(6)16)5-9(15)11-12(14)17-11/h6-7,11-12H,3-5H2,1-2H3/t6-,7-,11?,12?,14+/m0/s1. The van der Waals surface area contributed by atoms with E-state index in [4.69, 9.17) is 9.47 Å². The second kappa shape index (κ2) is 3.05. The number of allylic oxidation sites excluding steroid dienone is 1. The summed E-state index contributed by atoms with van der Waals surface area (Å²) in [6.45, 7) is 4.07. The number of carbonyl (C=O) groups is 2. The van der Waals surface area contributed by atoms with Crippen molar-refractivity contribution in [2.24, 2.45) is 17.3 Å². The molecule has 0 aromatic heterocycles. The Morgan fingerprint density at radius 1 is 1.33 bits per heavy atom. The van der Waals surface area contributed by atoms with Gasteiger partial charge in [-0.1, -0.05) is 13.8 Å². The van der Waals surface area contributed by atoms with E-state index in [1.54, 1.807) is 0 Å². The Morgan fingerprint density at radius 3 is 2.89 bits per heavy atom. The number of fused-ring (bicyclic) bond motifs is 4. The second-order valence-corrected chi connectivity index (χ2v) is 6.24. The second-order valence-electron chi connectivity index (χ2n) is 6.24. The maximum Gasteiger partial charge on any atom is 0.314 e. The summed E-state index contributed by atoms with van der Waals surface area (Å²) in [6.07, 6.45) is 2.19. The first kappa shape index (κ1) is 10.7. The van der Waals surface area contributed by atoms with Gasteiger partial charge in [-0.15, -0.1) is 0 Å². The van der Waals surface area contributed by atoms with Crippen LogP contribution in [0.25, 0.3) is 0 Å². The Hall–Kier alpha value is -1.16. The van der Waals surface area contributed by atoms with Crippen molar-refractivity contribution < 1.29 is 19.1 Å². The SMILES string of the molecule is C[C@@H]1C(=O)OC2=C3CC(=O)C4OC4[C@]3(C)CC[C@H]21. The summed E-state index contributed by atoms with van der Waals surface area (Å²) in [4.78, 5) is 23.6. The number of epoxide rings is 1. The Balaban J connectivity index is 1.84. The third-order valence-corrected chi connectivity index (χ3v) is 5.27. The van der Waals surface area contributed by atoms with Gasteiger partial charge in [-0.3, -0.25) is 9.59 Å². The number of hydrogen-bond acceptors (Lipinski definition) is 4. The van der Waals surface area contributed by atoms with Crippen LogP contribution < -0.4 is 0 Å². The molecule has 4 nitrogen and oxygen atoms in total. The van der Waals surface area contributed by atoms with Crippen molar-refractivity contribution in [1.82, 2.24) is 0 Å². The fourth-order valence-corrected chi connectivity index (χ4v) is 3.94. The molecule has 4 heteroatoms. The Bertz CT molecular complexity index is 506. The lowest BCUT2D eigenvalue weighted by molar-refractivity contribution is -0.138. The molecular weight excluding hydrogens is 232 g/mol. The topological polar surface area (TPSA) is 55.9 Å². The molecule has 3 fully saturated rings. The summed E-state index contributed by atoms with van der Waals surface area (Å²) in [7, 11) is 0. The van der Waals surface area contributed by atoms with Crippen molar-refractivity contribution in [3.63, 3.8) is 0 Å². The van der Waals surface area contributed by atoms with E-state index in [0.717, 1.165) is 24.2 Å². The van der Waals surface area contributed by atoms with Crippen LogP contribution in [0, 0.1) is 17.3 Å². The molecule has 2 heterocycles. The zero-order valence-corrected chi connectivity index (χ0v) is 10.6. The number of Topliss-reactive ketones (excluding diaryl/α,β-unsaturated/α-hetero) is 1. The van der Waals surface area contributed by atoms with Crippen molar-refractivity contribution in [2.75, 3.05) is 0 Å². The lowest BCUT2D eigenvalue weighted by Gasteiger charge is -2.39. The van der Waals surface area contributed by atoms with Gasteiger partial charge in [0.15, 0.2) is 5.78 Å². The van der Waals surface area contributed by atoms with Crippen LogP contribution >= 0.6 is 0 Å². The Labute approximate surface area is 105 Å². The lowest BCUT2D eigenvalue weighted by Crippen LogP contribution is -2.40. The van der Waals surface area contributed by atoms with Gasteiger partial charge < -0.3 is 9.47 Å². The highest BCUT2D eigenvalue weighted by Crippen LogP contribution is 2.59. The fraction of sp³-hybridized carbons (Fsp3) is 0.714. The minimum atomic E-state index is -0.189. The van der Waals surface area contributed by atoms with Gasteiger partial charge in [-0.25, -0.2) is 0 Å². The van der Waals surface area contributed by atoms with Crippen molar-refractivity contribution in [2.45, 2.75) is 45.3 Å². The predicted octanol–water partition coefficient (Wildman–Crippen LogP) is 1.59. The van der Waals surface area contributed by atoms with E-state index in [1.807, 2.05) is 6.92 Å². The summed E-state index contributed by atoms with van der Waals surface area (Å²) < 4.78 is 11.0. The molecule has 2 aliphatic heterocycles. The summed E-state index contributed by atoms with van der Waals surface area (Å²) in [5, 5.41) is 0. The van der Waals surface area contributed by atoms with Gasteiger partial charge in [0.1, 0.15) is 18.0 Å². The van der Waals surface area contributed by atoms with Gasteiger partial charge in [0.05, 0.1) is 5.92 Å². The van der Waals surface area contributed by atoms with E-state index < -0.39 is 0 Å². The zero-order chi connectivity index (χ0) is 12.7. The normalized spacial score (nSPS) is 49.4. The van der Waals surface area contributed by atoms with Crippen molar-refractivity contribution in [1.29, 1.82) is 0 Å². The molecule has 0 spiro atoms. The molecule has 5 atom stereocenters. The third kappa shape index (κ3) is 1.10. The highest BCUT2D eigenvalue weighted by molar-refractivity contribution is 5.91. The number of ether oxygens (including phenoxy) is 2. The maximum absolute atomic E-state index is 11.9. The Morgan fingerprint density at radius 2 is 2.11 bits per heavy atom. The molecular formula is C14H16O4. The first-order chi connectivity index (χ1) is 8.52. The van der Waals surface area contributed by atoms with Crippen molar-refractivity contribution in [3.05, 3.63) is 11.3 Å². The van der Waals surface area contributed by atoms with Gasteiger partial charge in [0.2, 0.25) is 0 Å². The van der Waals surface area contributed by atoms with Crippen LogP contribution in [-0.2, 0) is 19.1 Å². The van der Waals surface area contributed by atoms with Gasteiger partial charge in [0.25, 0.3) is 0 Å². The minimum Gasteiger partial charge on any atom is -0.431 e. The quantitative estimate of drug-likeness (QED) is 0.482. The molecule has 0 aromatic carbocycles. The Kier molecular flexibility index (Phi) is 1.82. The molecule has 1 saturated carbocycles. The number of hydrogen-bond donors (Lipinski definition) is 0. The highest BCUT2D eigenvalue weighted by atomic mass is 16.6. The molecule has 2 saturated heterocycles. The highest BCUT2D eigenvalue weighted by Gasteiger charge is 2.64. The van der Waals surface area contributed by atoms with Crippen LogP contribution in [-0.4, -0.2) is 24.0 Å². The average Bonchev–Trinajstić information content (AvgIpc) is 3.08. The monoisotopic (exact) mass is 248 g/mol. The van der Waals surface area contributed by atoms with Crippen LogP contribution in [0.4, 0.5) is 0 Å². The predicted molar refractivity (Wildman–Crippen MR) is 61.4 cm³/mol. The van der Waals surface area contributed by atoms with E-state index in [2.05, 4.69) is 6.92 Å². The van der Waals surface area contributed by atoms with Crippen LogP contribution in [0.5, 0.6) is 0 Å². The first-order valence-electron chi connectivity index (χ1n) is 6.66. The van der Waals surface area contributed by atoms with Crippen molar-refractivity contribution >= 4 is 11.8 Å². The van der Waals surface area contributed by atoms with E-state index in [9.17, 15) is 9.59 Å². The summed E-state index contributed by atoms with van der Waals surface area (Å²) in [5.74, 6) is 0.923. The number of ketones is 1. The number of esters is 1. The first-order valence-corrected chi connectivity index (χ1v) is 6.66. The molecule has 4 rings (SSSR count). The van der Waals surface area contributed by atoms with Crippen LogP contribution in [0.15, 0.2) is 11.3 Å².